The molecule has 0 spiro atoms. The highest BCUT2D eigenvalue weighted by molar-refractivity contribution is 8.00. The van der Waals surface area contributed by atoms with Gasteiger partial charge in [0.15, 0.2) is 0 Å². The van der Waals surface area contributed by atoms with Crippen LogP contribution in [-0.4, -0.2) is 17.2 Å². The van der Waals surface area contributed by atoms with Crippen LogP contribution >= 0.6 is 11.8 Å². The lowest BCUT2D eigenvalue weighted by molar-refractivity contribution is -0.120. The number of thioether (sulfide) groups is 1. The van der Waals surface area contributed by atoms with Crippen molar-refractivity contribution in [2.24, 2.45) is 5.92 Å². The number of benzene rings is 1. The SMILES string of the molecule is CC(C)[C@@](C)(C#N)NC(=O)CSc1ccc(C(C)(C)C)cc1. The maximum Gasteiger partial charge on any atom is 0.231 e. The van der Waals surface area contributed by atoms with Crippen LogP contribution in [-0.2, 0) is 10.2 Å². The smallest absolute Gasteiger partial charge is 0.231 e. The Balaban J connectivity index is 2.60. The van der Waals surface area contributed by atoms with E-state index < -0.39 is 5.54 Å². The van der Waals surface area contributed by atoms with Crippen LogP contribution in [0.3, 0.4) is 0 Å². The molecule has 120 valence electrons. The molecule has 0 saturated carbocycles. The van der Waals surface area contributed by atoms with E-state index in [1.165, 1.54) is 17.3 Å². The van der Waals surface area contributed by atoms with Crippen LogP contribution in [0, 0.1) is 17.2 Å². The summed E-state index contributed by atoms with van der Waals surface area (Å²) in [7, 11) is 0. The number of hydrogen-bond donors (Lipinski definition) is 1. The number of carbonyl (C=O) groups is 1. The average Bonchev–Trinajstić information content (AvgIpc) is 2.44. The molecule has 0 heterocycles. The topological polar surface area (TPSA) is 52.9 Å². The Morgan fingerprint density at radius 3 is 2.18 bits per heavy atom. The zero-order valence-electron chi connectivity index (χ0n) is 14.4. The molecule has 1 aromatic carbocycles. The average molecular weight is 318 g/mol. The maximum atomic E-state index is 12.0. The van der Waals surface area contributed by atoms with E-state index in [1.54, 1.807) is 6.92 Å². The third-order valence-electron chi connectivity index (χ3n) is 3.88. The first-order chi connectivity index (χ1) is 10.1. The van der Waals surface area contributed by atoms with Crippen LogP contribution in [0.5, 0.6) is 0 Å². The van der Waals surface area contributed by atoms with Gasteiger partial charge in [-0.2, -0.15) is 5.26 Å². The molecular weight excluding hydrogens is 292 g/mol. The fraction of sp³-hybridized carbons (Fsp3) is 0.556. The van der Waals surface area contributed by atoms with Crippen molar-refractivity contribution in [3.8, 4) is 6.07 Å². The molecule has 3 nitrogen and oxygen atoms in total. The standard InChI is InChI=1S/C18H26N2OS/c1-13(2)18(6,12-19)20-16(21)11-22-15-9-7-14(8-10-15)17(3,4)5/h7-10,13H,11H2,1-6H3,(H,20,21)/t18-/m1/s1. The Hall–Kier alpha value is -1.47. The Labute approximate surface area is 138 Å². The molecule has 0 aliphatic rings. The summed E-state index contributed by atoms with van der Waals surface area (Å²) in [6, 6.07) is 10.5. The summed E-state index contributed by atoms with van der Waals surface area (Å²) in [6.45, 7) is 12.2. The summed E-state index contributed by atoms with van der Waals surface area (Å²) in [5.41, 5.74) is 0.596. The van der Waals surface area contributed by atoms with Crippen molar-refractivity contribution in [1.29, 1.82) is 5.26 Å². The highest BCUT2D eigenvalue weighted by Gasteiger charge is 2.29. The Morgan fingerprint density at radius 2 is 1.77 bits per heavy atom. The van der Waals surface area contributed by atoms with Gasteiger partial charge in [-0.3, -0.25) is 4.79 Å². The van der Waals surface area contributed by atoms with Gasteiger partial charge < -0.3 is 5.32 Å². The summed E-state index contributed by atoms with van der Waals surface area (Å²) in [5.74, 6) is 0.277. The van der Waals surface area contributed by atoms with Crippen LogP contribution in [0.1, 0.15) is 47.1 Å². The van der Waals surface area contributed by atoms with E-state index in [0.717, 1.165) is 4.90 Å². The van der Waals surface area contributed by atoms with Crippen molar-refractivity contribution in [3.63, 3.8) is 0 Å². The lowest BCUT2D eigenvalue weighted by Crippen LogP contribution is -2.49. The van der Waals surface area contributed by atoms with Crippen LogP contribution in [0.2, 0.25) is 0 Å². The lowest BCUT2D eigenvalue weighted by Gasteiger charge is -2.27. The van der Waals surface area contributed by atoms with Gasteiger partial charge in [-0.1, -0.05) is 46.8 Å². The normalized spacial score (nSPS) is 14.3. The van der Waals surface area contributed by atoms with Crippen molar-refractivity contribution in [3.05, 3.63) is 29.8 Å². The fourth-order valence-electron chi connectivity index (χ4n) is 1.83. The second-order valence-electron chi connectivity index (χ2n) is 7.08. The summed E-state index contributed by atoms with van der Waals surface area (Å²) in [6.07, 6.45) is 0. The van der Waals surface area contributed by atoms with Gasteiger partial charge in [-0.05, 0) is 36.0 Å². The molecule has 0 aliphatic carbocycles. The van der Waals surface area contributed by atoms with E-state index in [9.17, 15) is 10.1 Å². The van der Waals surface area contributed by atoms with Crippen LogP contribution in [0.15, 0.2) is 29.2 Å². The minimum Gasteiger partial charge on any atom is -0.337 e. The molecule has 4 heteroatoms. The first kappa shape index (κ1) is 18.6. The zero-order valence-corrected chi connectivity index (χ0v) is 15.2. The van der Waals surface area contributed by atoms with Crippen LogP contribution < -0.4 is 5.32 Å². The molecule has 1 rings (SSSR count). The van der Waals surface area contributed by atoms with E-state index in [4.69, 9.17) is 0 Å². The van der Waals surface area contributed by atoms with Crippen molar-refractivity contribution in [2.75, 3.05) is 5.75 Å². The first-order valence-corrected chi connectivity index (χ1v) is 8.52. The van der Waals surface area contributed by atoms with Crippen molar-refractivity contribution in [1.82, 2.24) is 5.32 Å². The number of carbonyl (C=O) groups excluding carboxylic acids is 1. The predicted octanol–water partition coefficient (Wildman–Crippen LogP) is 4.13. The molecule has 1 N–H and O–H groups in total. The van der Waals surface area contributed by atoms with E-state index in [2.05, 4.69) is 44.3 Å². The van der Waals surface area contributed by atoms with Crippen molar-refractivity contribution >= 4 is 17.7 Å². The Kier molecular flexibility index (Phi) is 6.08. The van der Waals surface area contributed by atoms with E-state index >= 15 is 0 Å². The number of hydrogen-bond acceptors (Lipinski definition) is 3. The molecule has 22 heavy (non-hydrogen) atoms. The van der Waals surface area contributed by atoms with E-state index in [0.29, 0.717) is 5.75 Å². The van der Waals surface area contributed by atoms with E-state index in [-0.39, 0.29) is 17.2 Å². The van der Waals surface area contributed by atoms with Gasteiger partial charge in [-0.15, -0.1) is 11.8 Å². The molecule has 0 aliphatic heterocycles. The van der Waals surface area contributed by atoms with Crippen molar-refractivity contribution < 1.29 is 4.79 Å². The molecule has 0 aromatic heterocycles. The molecule has 0 bridgehead atoms. The summed E-state index contributed by atoms with van der Waals surface area (Å²) >= 11 is 1.49. The molecule has 1 amide bonds. The minimum absolute atomic E-state index is 0.0671. The highest BCUT2D eigenvalue weighted by Crippen LogP contribution is 2.25. The van der Waals surface area contributed by atoms with Gasteiger partial charge in [-0.25, -0.2) is 0 Å². The molecular formula is C18H26N2OS. The van der Waals surface area contributed by atoms with Gasteiger partial charge in [0.1, 0.15) is 5.54 Å². The molecule has 1 atom stereocenters. The molecule has 0 radical (unpaired) electrons. The maximum absolute atomic E-state index is 12.0. The second kappa shape index (κ2) is 7.19. The van der Waals surface area contributed by atoms with Crippen LogP contribution in [0.25, 0.3) is 0 Å². The fourth-order valence-corrected chi connectivity index (χ4v) is 2.53. The molecule has 0 saturated heterocycles. The highest BCUT2D eigenvalue weighted by atomic mass is 32.2. The van der Waals surface area contributed by atoms with Gasteiger partial charge in [0.05, 0.1) is 11.8 Å². The van der Waals surface area contributed by atoms with Gasteiger partial charge in [0.25, 0.3) is 0 Å². The van der Waals surface area contributed by atoms with Gasteiger partial charge in [0, 0.05) is 4.90 Å². The zero-order chi connectivity index (χ0) is 17.0. The number of nitriles is 1. The summed E-state index contributed by atoms with van der Waals surface area (Å²) in [4.78, 5) is 13.1. The monoisotopic (exact) mass is 318 g/mol. The Morgan fingerprint density at radius 1 is 1.23 bits per heavy atom. The third-order valence-corrected chi connectivity index (χ3v) is 4.89. The quantitative estimate of drug-likeness (QED) is 0.830. The third kappa shape index (κ3) is 5.06. The number of nitrogens with one attached hydrogen (secondary N) is 1. The number of nitrogens with zero attached hydrogens (tertiary/aromatic N) is 1. The number of amides is 1. The molecule has 0 unspecified atom stereocenters. The summed E-state index contributed by atoms with van der Waals surface area (Å²) < 4.78 is 0. The lowest BCUT2D eigenvalue weighted by atomic mass is 9.87. The second-order valence-corrected chi connectivity index (χ2v) is 8.13. The number of rotatable bonds is 5. The summed E-state index contributed by atoms with van der Waals surface area (Å²) in [5, 5.41) is 12.1. The van der Waals surface area contributed by atoms with Crippen LogP contribution in [0.4, 0.5) is 0 Å². The Bertz CT molecular complexity index is 552. The first-order valence-electron chi connectivity index (χ1n) is 7.54. The predicted molar refractivity (Wildman–Crippen MR) is 92.9 cm³/mol. The molecule has 0 fully saturated rings. The largest absolute Gasteiger partial charge is 0.337 e. The van der Waals surface area contributed by atoms with Gasteiger partial charge in [0.2, 0.25) is 5.91 Å². The van der Waals surface area contributed by atoms with Crippen molar-refractivity contribution in [2.45, 2.75) is 57.4 Å². The molecule has 1 aromatic rings. The minimum atomic E-state index is -0.812. The van der Waals surface area contributed by atoms with Gasteiger partial charge >= 0.3 is 0 Å². The van der Waals surface area contributed by atoms with E-state index in [1.807, 2.05) is 26.0 Å².